The van der Waals surface area contributed by atoms with Gasteiger partial charge >= 0.3 is 18.2 Å². The zero-order valence-electron chi connectivity index (χ0n) is 17.1. The Morgan fingerprint density at radius 3 is 2.61 bits per heavy atom. The van der Waals surface area contributed by atoms with E-state index in [9.17, 15) is 23.3 Å². The second kappa shape index (κ2) is 8.90. The Bertz CT molecular complexity index is 1120. The number of fused-ring (bicyclic) bond motifs is 1. The average molecular weight is 466 g/mol. The second-order valence-corrected chi connectivity index (χ2v) is 7.03. The Morgan fingerprint density at radius 1 is 1.27 bits per heavy atom. The van der Waals surface area contributed by atoms with Crippen LogP contribution in [-0.2, 0) is 17.9 Å². The molecule has 0 bridgehead atoms. The molecular formula is C19H17F3N6O5. The largest absolute Gasteiger partial charge is 0.573 e. The normalized spacial score (nSPS) is 15.5. The van der Waals surface area contributed by atoms with Crippen molar-refractivity contribution in [1.29, 1.82) is 0 Å². The minimum Gasteiger partial charge on any atom is -0.443 e. The molecule has 0 spiro atoms. The number of hydrogen-bond donors (Lipinski definition) is 0. The zero-order valence-corrected chi connectivity index (χ0v) is 17.1. The molecule has 2 aromatic heterocycles. The van der Waals surface area contributed by atoms with Gasteiger partial charge in [0, 0.05) is 35.7 Å². The van der Waals surface area contributed by atoms with E-state index in [0.717, 1.165) is 0 Å². The monoisotopic (exact) mass is 466 g/mol. The molecule has 14 heteroatoms. The van der Waals surface area contributed by atoms with Gasteiger partial charge in [0.25, 0.3) is 0 Å². The Morgan fingerprint density at radius 2 is 1.97 bits per heavy atom. The van der Waals surface area contributed by atoms with E-state index in [0.29, 0.717) is 23.7 Å². The third kappa shape index (κ3) is 5.46. The van der Waals surface area contributed by atoms with Crippen LogP contribution in [0.1, 0.15) is 5.56 Å². The van der Waals surface area contributed by atoms with Crippen molar-refractivity contribution in [2.45, 2.75) is 25.6 Å². The Labute approximate surface area is 184 Å². The topological polar surface area (TPSA) is 118 Å². The fraction of sp³-hybridized carbons (Fsp3) is 0.316. The SMILES string of the molecule is CN(c1ccc(OC(F)(F)F)cc1)c1ncc(CO[C@@H]2COc3nc([N+](=O)[O-])cn3C2)cn1. The molecule has 1 aliphatic rings. The second-order valence-electron chi connectivity index (χ2n) is 7.03. The number of anilines is 2. The molecule has 4 rings (SSSR count). The minimum atomic E-state index is -4.75. The van der Waals surface area contributed by atoms with Gasteiger partial charge < -0.3 is 29.2 Å². The van der Waals surface area contributed by atoms with Gasteiger partial charge in [0.05, 0.1) is 13.2 Å². The number of ether oxygens (including phenoxy) is 3. The third-order valence-electron chi connectivity index (χ3n) is 4.65. The summed E-state index contributed by atoms with van der Waals surface area (Å²) < 4.78 is 53.4. The molecule has 11 nitrogen and oxygen atoms in total. The number of imidazole rings is 1. The molecule has 0 unspecified atom stereocenters. The van der Waals surface area contributed by atoms with Crippen LogP contribution in [0.15, 0.2) is 42.9 Å². The molecule has 0 N–H and O–H groups in total. The van der Waals surface area contributed by atoms with Gasteiger partial charge in [-0.3, -0.25) is 4.57 Å². The van der Waals surface area contributed by atoms with E-state index in [1.54, 1.807) is 24.3 Å². The number of nitrogens with zero attached hydrogens (tertiary/aromatic N) is 6. The highest BCUT2D eigenvalue weighted by molar-refractivity contribution is 5.57. The van der Waals surface area contributed by atoms with E-state index in [1.807, 2.05) is 0 Å². The van der Waals surface area contributed by atoms with Gasteiger partial charge in [0.2, 0.25) is 5.95 Å². The smallest absolute Gasteiger partial charge is 0.443 e. The quantitative estimate of drug-likeness (QED) is 0.382. The molecule has 0 aliphatic carbocycles. The van der Waals surface area contributed by atoms with E-state index >= 15 is 0 Å². The molecular weight excluding hydrogens is 449 g/mol. The maximum atomic E-state index is 12.3. The number of benzene rings is 1. The molecule has 3 aromatic rings. The zero-order chi connectivity index (χ0) is 23.6. The van der Waals surface area contributed by atoms with Gasteiger partial charge in [-0.05, 0) is 29.2 Å². The highest BCUT2D eigenvalue weighted by Crippen LogP contribution is 2.27. The molecule has 0 saturated heterocycles. The number of aromatic nitrogens is 4. The Balaban J connectivity index is 1.32. The highest BCUT2D eigenvalue weighted by atomic mass is 19.4. The van der Waals surface area contributed by atoms with Crippen LogP contribution in [0, 0.1) is 10.1 Å². The number of hydrogen-bond acceptors (Lipinski definition) is 9. The van der Waals surface area contributed by atoms with Crippen LogP contribution >= 0.6 is 0 Å². The van der Waals surface area contributed by atoms with Crippen molar-refractivity contribution < 1.29 is 32.3 Å². The molecule has 1 aliphatic heterocycles. The van der Waals surface area contributed by atoms with E-state index < -0.39 is 11.3 Å². The number of halogens is 3. The molecule has 174 valence electrons. The van der Waals surface area contributed by atoms with Gasteiger partial charge in [-0.2, -0.15) is 0 Å². The molecule has 1 aromatic carbocycles. The molecule has 0 saturated carbocycles. The minimum absolute atomic E-state index is 0.176. The van der Waals surface area contributed by atoms with Crippen LogP contribution in [0.4, 0.5) is 30.6 Å². The Kier molecular flexibility index (Phi) is 6.00. The lowest BCUT2D eigenvalue weighted by atomic mass is 10.3. The van der Waals surface area contributed by atoms with E-state index in [1.165, 1.54) is 35.0 Å². The molecule has 3 heterocycles. The van der Waals surface area contributed by atoms with Crippen molar-refractivity contribution in [3.63, 3.8) is 0 Å². The van der Waals surface area contributed by atoms with Crippen molar-refractivity contribution >= 4 is 17.5 Å². The first-order valence-corrected chi connectivity index (χ1v) is 9.54. The summed E-state index contributed by atoms with van der Waals surface area (Å²) in [6.45, 7) is 0.740. The maximum absolute atomic E-state index is 12.3. The first-order valence-electron chi connectivity index (χ1n) is 9.54. The lowest BCUT2D eigenvalue weighted by molar-refractivity contribution is -0.389. The number of nitro groups is 1. The molecule has 0 radical (unpaired) electrons. The van der Waals surface area contributed by atoms with Crippen molar-refractivity contribution in [2.24, 2.45) is 0 Å². The lowest BCUT2D eigenvalue weighted by Crippen LogP contribution is -2.32. The third-order valence-corrected chi connectivity index (χ3v) is 4.65. The first-order chi connectivity index (χ1) is 15.7. The van der Waals surface area contributed by atoms with Crippen LogP contribution in [0.3, 0.4) is 0 Å². The van der Waals surface area contributed by atoms with Crippen molar-refractivity contribution in [1.82, 2.24) is 19.5 Å². The molecule has 33 heavy (non-hydrogen) atoms. The van der Waals surface area contributed by atoms with Gasteiger partial charge in [-0.25, -0.2) is 9.97 Å². The summed E-state index contributed by atoms with van der Waals surface area (Å²) >= 11 is 0. The summed E-state index contributed by atoms with van der Waals surface area (Å²) in [5.74, 6) is -0.280. The fourth-order valence-corrected chi connectivity index (χ4v) is 3.06. The summed E-state index contributed by atoms with van der Waals surface area (Å²) in [5.41, 5.74) is 1.25. The van der Waals surface area contributed by atoms with Crippen molar-refractivity contribution in [3.8, 4) is 11.8 Å². The van der Waals surface area contributed by atoms with E-state index in [4.69, 9.17) is 9.47 Å². The van der Waals surface area contributed by atoms with E-state index in [-0.39, 0.29) is 36.9 Å². The first kappa shape index (κ1) is 22.3. The number of rotatable bonds is 7. The molecule has 0 fully saturated rings. The van der Waals surface area contributed by atoms with Gasteiger partial charge in [-0.15, -0.1) is 13.2 Å². The van der Waals surface area contributed by atoms with Crippen LogP contribution in [-0.4, -0.2) is 50.6 Å². The highest BCUT2D eigenvalue weighted by Gasteiger charge is 2.31. The summed E-state index contributed by atoms with van der Waals surface area (Å²) in [7, 11) is 1.67. The molecule has 1 atom stereocenters. The number of alkyl halides is 3. The predicted octanol–water partition coefficient (Wildman–Crippen LogP) is 3.23. The van der Waals surface area contributed by atoms with Crippen LogP contribution in [0.25, 0.3) is 0 Å². The van der Waals surface area contributed by atoms with E-state index in [2.05, 4.69) is 19.7 Å². The Hall–Kier alpha value is -3.94. The average Bonchev–Trinajstić information content (AvgIpc) is 3.21. The summed E-state index contributed by atoms with van der Waals surface area (Å²) in [6.07, 6.45) is -0.669. The standard InChI is InChI=1S/C19H17F3N6O5/c1-26(13-2-4-14(5-3-13)33-19(20,21)22)17-23-6-12(7-24-17)10-31-15-8-27-9-16(28(29)30)25-18(27)32-11-15/h2-7,9,15H,8,10-11H2,1H3/t15-/m0/s1. The van der Waals surface area contributed by atoms with Gasteiger partial charge in [-0.1, -0.05) is 0 Å². The lowest BCUT2D eigenvalue weighted by Gasteiger charge is -2.22. The van der Waals surface area contributed by atoms with Crippen LogP contribution < -0.4 is 14.4 Å². The van der Waals surface area contributed by atoms with Crippen LogP contribution in [0.5, 0.6) is 11.8 Å². The predicted molar refractivity (Wildman–Crippen MR) is 106 cm³/mol. The van der Waals surface area contributed by atoms with Crippen LogP contribution in [0.2, 0.25) is 0 Å². The summed E-state index contributed by atoms with van der Waals surface area (Å²) in [6, 6.07) is 5.50. The van der Waals surface area contributed by atoms with Crippen molar-refractivity contribution in [3.05, 3.63) is 58.5 Å². The van der Waals surface area contributed by atoms with Crippen molar-refractivity contribution in [2.75, 3.05) is 18.6 Å². The van der Waals surface area contributed by atoms with Gasteiger partial charge in [0.15, 0.2) is 0 Å². The fourth-order valence-electron chi connectivity index (χ4n) is 3.06. The van der Waals surface area contributed by atoms with Gasteiger partial charge in [0.1, 0.15) is 24.7 Å². The maximum Gasteiger partial charge on any atom is 0.573 e. The summed E-state index contributed by atoms with van der Waals surface area (Å²) in [5, 5.41) is 10.8. The molecule has 0 amide bonds. The summed E-state index contributed by atoms with van der Waals surface area (Å²) in [4.78, 5) is 24.1.